The van der Waals surface area contributed by atoms with E-state index in [0.717, 1.165) is 0 Å². The number of hydrogen-bond acceptors (Lipinski definition) is 10. The van der Waals surface area contributed by atoms with E-state index in [1.807, 2.05) is 0 Å². The normalized spacial score (nSPS) is 5.00. The molecule has 0 aromatic rings. The van der Waals surface area contributed by atoms with Gasteiger partial charge in [-0.3, -0.25) is 0 Å². The second-order valence-electron chi connectivity index (χ2n) is 1.33. The molecule has 0 fully saturated rings. The summed E-state index contributed by atoms with van der Waals surface area (Å²) in [4.78, 5) is 42.2. The molecule has 0 aliphatic heterocycles. The van der Waals surface area contributed by atoms with E-state index in [2.05, 4.69) is 0 Å². The second kappa shape index (κ2) is 49.5. The maximum atomic E-state index is 8.44. The Bertz CT molecular complexity index is 219. The molecule has 0 aliphatic rings. The van der Waals surface area contributed by atoms with Crippen LogP contribution < -0.4 is 55.1 Å². The molecular formula is C5H7CaMgNaO16. The van der Waals surface area contributed by atoms with Gasteiger partial charge in [-0.2, -0.15) is 0 Å². The molecule has 0 aliphatic carbocycles. The van der Waals surface area contributed by atoms with Gasteiger partial charge in [0, 0.05) is 0 Å². The molecule has 0 spiro atoms. The Morgan fingerprint density at radius 2 is 0.500 bits per heavy atom. The summed E-state index contributed by atoms with van der Waals surface area (Å²) < 4.78 is 0. The third-order valence-corrected chi connectivity index (χ3v) is 0. The summed E-state index contributed by atoms with van der Waals surface area (Å²) in [6, 6.07) is 0. The summed E-state index contributed by atoms with van der Waals surface area (Å²) >= 11 is 0. The molecule has 24 heavy (non-hydrogen) atoms. The molecule has 7 N–H and O–H groups in total. The van der Waals surface area contributed by atoms with Crippen LogP contribution >= 0.6 is 0 Å². The van der Waals surface area contributed by atoms with Crippen LogP contribution in [0.3, 0.4) is 0 Å². The minimum absolute atomic E-state index is 0. The summed E-state index contributed by atoms with van der Waals surface area (Å²) in [6.07, 6.45) is -10.4. The van der Waals surface area contributed by atoms with Gasteiger partial charge in [0.1, 0.15) is 0 Å². The maximum absolute atomic E-state index is 8.44. The summed E-state index contributed by atoms with van der Waals surface area (Å²) in [7, 11) is 0. The molecule has 0 atom stereocenters. The first kappa shape index (κ1) is 56.6. The predicted octanol–water partition coefficient (Wildman–Crippen LogP) is -10.1. The van der Waals surface area contributed by atoms with Crippen LogP contribution in [-0.4, -0.2) is 123 Å². The van der Waals surface area contributed by atoms with Crippen LogP contribution in [0.2, 0.25) is 0 Å². The topological polar surface area (TPSA) is 333 Å². The van der Waals surface area contributed by atoms with E-state index >= 15 is 0 Å². The number of carbonyl (C=O) groups is 5. The molecule has 16 nitrogen and oxygen atoms in total. The van der Waals surface area contributed by atoms with E-state index < -0.39 is 30.8 Å². The van der Waals surface area contributed by atoms with Crippen LogP contribution in [0.1, 0.15) is 0 Å². The van der Waals surface area contributed by atoms with E-state index in [1.54, 1.807) is 0 Å². The van der Waals surface area contributed by atoms with Gasteiger partial charge in [-0.15, -0.1) is 0 Å². The molecular weight excluding hydrogens is 403 g/mol. The van der Waals surface area contributed by atoms with E-state index in [9.17, 15) is 0 Å². The molecule has 0 aromatic heterocycles. The zero-order valence-electron chi connectivity index (χ0n) is 11.7. The molecule has 128 valence electrons. The van der Waals surface area contributed by atoms with Crippen LogP contribution in [-0.2, 0) is 0 Å². The minimum atomic E-state index is -2.08. The maximum Gasteiger partial charge on any atom is 2.00 e. The van der Waals surface area contributed by atoms with E-state index in [4.69, 9.17) is 75.0 Å². The molecule has 0 saturated heterocycles. The molecule has 0 radical (unpaired) electrons. The van der Waals surface area contributed by atoms with Gasteiger partial charge < -0.3 is 80.5 Å². The average Bonchev–Trinajstić information content (AvgIpc) is 1.94. The fourth-order valence-electron chi connectivity index (χ4n) is 0. The molecule has 0 saturated carbocycles. The molecule has 0 aromatic carbocycles. The number of hydrogen-bond donors (Lipinski definition) is 5. The Balaban J connectivity index is -0.0000000161. The average molecular weight is 410 g/mol. The standard InChI is InChI=1S/5CH2O3.Ca.Mg.Na.H2O/c5*2-1(3)4;;;;/h5*(H2,2,3,4);;;;1H2/q;;;;;2*+2;+1;/p-5. The van der Waals surface area contributed by atoms with E-state index in [0.29, 0.717) is 0 Å². The van der Waals surface area contributed by atoms with Crippen molar-refractivity contribution in [3.05, 3.63) is 0 Å². The Hall–Kier alpha value is -0.664. The van der Waals surface area contributed by atoms with E-state index in [1.165, 1.54) is 0 Å². The quantitative estimate of drug-likeness (QED) is 0.231. The Labute approximate surface area is 199 Å². The number of carboxylic acid groups (broad SMARTS) is 10. The largest absolute Gasteiger partial charge is 2.00 e. The molecule has 0 heterocycles. The van der Waals surface area contributed by atoms with Crippen molar-refractivity contribution in [1.82, 2.24) is 0 Å². The fraction of sp³-hybridized carbons (Fsp3) is 0. The Morgan fingerprint density at radius 1 is 0.500 bits per heavy atom. The van der Waals surface area contributed by atoms with Crippen molar-refractivity contribution in [3.8, 4) is 0 Å². The Kier molecular flexibility index (Phi) is 117. The van der Waals surface area contributed by atoms with Crippen molar-refractivity contribution in [2.24, 2.45) is 0 Å². The van der Waals surface area contributed by atoms with Gasteiger partial charge in [0.05, 0.1) is 0 Å². The first-order valence-corrected chi connectivity index (χ1v) is 3.16. The summed E-state index contributed by atoms with van der Waals surface area (Å²) in [5.74, 6) is 0. The van der Waals surface area contributed by atoms with Gasteiger partial charge in [-0.05, 0) is 0 Å². The fourth-order valence-corrected chi connectivity index (χ4v) is 0. The molecule has 19 heteroatoms. The van der Waals surface area contributed by atoms with Gasteiger partial charge in [-0.25, -0.2) is 0 Å². The van der Waals surface area contributed by atoms with Crippen molar-refractivity contribution < 1.29 is 110 Å². The molecule has 0 bridgehead atoms. The van der Waals surface area contributed by atoms with Gasteiger partial charge in [-0.1, -0.05) is 0 Å². The van der Waals surface area contributed by atoms with Gasteiger partial charge in [0.15, 0.2) is 0 Å². The summed E-state index contributed by atoms with van der Waals surface area (Å²) in [5, 5.41) is 76.5. The van der Waals surface area contributed by atoms with Gasteiger partial charge >= 0.3 is 90.3 Å². The van der Waals surface area contributed by atoms with Crippen molar-refractivity contribution in [1.29, 1.82) is 0 Å². The van der Waals surface area contributed by atoms with Crippen molar-refractivity contribution >= 4 is 91.6 Å². The van der Waals surface area contributed by atoms with Crippen LogP contribution in [0.5, 0.6) is 0 Å². The smallest absolute Gasteiger partial charge is 0.565 e. The second-order valence-corrected chi connectivity index (χ2v) is 1.33. The predicted molar refractivity (Wildman–Crippen MR) is 55.2 cm³/mol. The van der Waals surface area contributed by atoms with Crippen LogP contribution in [0.25, 0.3) is 0 Å². The minimum Gasteiger partial charge on any atom is -0.565 e. The van der Waals surface area contributed by atoms with Crippen molar-refractivity contribution in [2.75, 3.05) is 0 Å². The molecule has 0 unspecified atom stereocenters. The van der Waals surface area contributed by atoms with Crippen molar-refractivity contribution in [3.63, 3.8) is 0 Å². The van der Waals surface area contributed by atoms with Crippen molar-refractivity contribution in [2.45, 2.75) is 0 Å². The monoisotopic (exact) mass is 410 g/mol. The van der Waals surface area contributed by atoms with E-state index in [-0.39, 0.29) is 95.8 Å². The van der Waals surface area contributed by atoms with Crippen LogP contribution in [0, 0.1) is 0 Å². The summed E-state index contributed by atoms with van der Waals surface area (Å²) in [5.41, 5.74) is 0. The zero-order chi connectivity index (χ0) is 17.9. The summed E-state index contributed by atoms with van der Waals surface area (Å²) in [6.45, 7) is 0. The molecule has 0 amide bonds. The molecule has 0 rings (SSSR count). The van der Waals surface area contributed by atoms with Crippen LogP contribution in [0.15, 0.2) is 0 Å². The van der Waals surface area contributed by atoms with Gasteiger partial charge in [0.25, 0.3) is 0 Å². The third-order valence-electron chi connectivity index (χ3n) is 0. The Morgan fingerprint density at radius 3 is 0.500 bits per heavy atom. The third kappa shape index (κ3) is 20000. The first-order chi connectivity index (χ1) is 8.66. The SMILES string of the molecule is O.O=C([O-])O.O=C([O-])O.O=C([O-])O.O=C([O-])O.O=C([O-])O.[Ca+2].[Mg+2].[Na+]. The first-order valence-electron chi connectivity index (χ1n) is 3.16. The number of rotatable bonds is 0. The zero-order valence-corrected chi connectivity index (χ0v) is 17.4. The van der Waals surface area contributed by atoms with Gasteiger partial charge in [0.2, 0.25) is 30.8 Å². The van der Waals surface area contributed by atoms with Crippen LogP contribution in [0.4, 0.5) is 24.0 Å².